The largest absolute Gasteiger partial charge is 0.365 e. The van der Waals surface area contributed by atoms with Gasteiger partial charge in [-0.1, -0.05) is 5.87 Å². The van der Waals surface area contributed by atoms with Crippen molar-refractivity contribution in [1.29, 1.82) is 0 Å². The van der Waals surface area contributed by atoms with Crippen molar-refractivity contribution in [3.8, 4) is 0 Å². The van der Waals surface area contributed by atoms with E-state index in [2.05, 4.69) is 10.6 Å². The predicted octanol–water partition coefficient (Wildman–Crippen LogP) is 0.180. The number of hydrogen-bond donors (Lipinski definition) is 1. The summed E-state index contributed by atoms with van der Waals surface area (Å²) in [6.45, 7) is 1.56. The van der Waals surface area contributed by atoms with Gasteiger partial charge in [0.1, 0.15) is 6.73 Å². The number of ether oxygens (including phenoxy) is 1. The molecule has 0 aromatic heterocycles. The Morgan fingerprint density at radius 1 is 1.71 bits per heavy atom. The Labute approximate surface area is 45.9 Å². The van der Waals surface area contributed by atoms with E-state index in [1.807, 2.05) is 0 Å². The molecule has 0 aliphatic carbocycles. The second kappa shape index (κ2) is 2.45. The first-order valence-electron chi connectivity index (χ1n) is 2.21. The zero-order valence-corrected chi connectivity index (χ0v) is 4.96. The molecule has 2 nitrogen and oxygen atoms in total. The van der Waals surface area contributed by atoms with E-state index in [9.17, 15) is 0 Å². The van der Waals surface area contributed by atoms with Crippen molar-refractivity contribution in [2.75, 3.05) is 19.1 Å². The third-order valence-corrected chi connectivity index (χ3v) is 2.02. The fourth-order valence-corrected chi connectivity index (χ4v) is 1.14. The van der Waals surface area contributed by atoms with Gasteiger partial charge >= 0.3 is 0 Å². The molecule has 1 aliphatic rings. The van der Waals surface area contributed by atoms with Gasteiger partial charge in [-0.2, -0.15) is 0 Å². The maximum Gasteiger partial charge on any atom is 0.105 e. The first-order valence-corrected chi connectivity index (χ1v) is 3.78. The minimum atomic E-state index is 0.185. The van der Waals surface area contributed by atoms with Crippen LogP contribution in [-0.2, 0) is 4.74 Å². The number of rotatable bonds is 0. The Morgan fingerprint density at radius 3 is 2.86 bits per heavy atom. The van der Waals surface area contributed by atoms with Crippen LogP contribution in [0.25, 0.3) is 0 Å². The van der Waals surface area contributed by atoms with Gasteiger partial charge in [0.25, 0.3) is 0 Å². The second-order valence-corrected chi connectivity index (χ2v) is 3.08. The highest BCUT2D eigenvalue weighted by Gasteiger charge is 1.97. The lowest BCUT2D eigenvalue weighted by atomic mass is 10.9. The standard InChI is InChI=1S/C4H9NOS/c1-7-3-2-6-4-5-7/h5H,1-4H2. The fourth-order valence-electron chi connectivity index (χ4n) is 0.429. The van der Waals surface area contributed by atoms with Crippen molar-refractivity contribution in [1.82, 2.24) is 4.72 Å². The van der Waals surface area contributed by atoms with Crippen LogP contribution in [0.5, 0.6) is 0 Å². The highest BCUT2D eigenvalue weighted by atomic mass is 32.2. The molecule has 1 N–H and O–H groups in total. The lowest BCUT2D eigenvalue weighted by Gasteiger charge is -2.15. The summed E-state index contributed by atoms with van der Waals surface area (Å²) in [6.07, 6.45) is 0. The summed E-state index contributed by atoms with van der Waals surface area (Å²) in [4.78, 5) is 0. The van der Waals surface area contributed by atoms with Crippen LogP contribution >= 0.6 is 10.7 Å². The Kier molecular flexibility index (Phi) is 1.85. The Balaban J connectivity index is 2.25. The first kappa shape index (κ1) is 5.28. The summed E-state index contributed by atoms with van der Waals surface area (Å²) in [5.74, 6) is 4.90. The maximum absolute atomic E-state index is 5.00. The summed E-state index contributed by atoms with van der Waals surface area (Å²) < 4.78 is 8.07. The van der Waals surface area contributed by atoms with Crippen LogP contribution < -0.4 is 4.72 Å². The van der Waals surface area contributed by atoms with Crippen molar-refractivity contribution >= 4 is 16.5 Å². The van der Waals surface area contributed by atoms with Crippen molar-refractivity contribution in [2.45, 2.75) is 0 Å². The minimum Gasteiger partial charge on any atom is -0.365 e. The monoisotopic (exact) mass is 119 g/mol. The first-order chi connectivity index (χ1) is 3.39. The van der Waals surface area contributed by atoms with Crippen LogP contribution in [0.15, 0.2) is 0 Å². The van der Waals surface area contributed by atoms with E-state index in [0.717, 1.165) is 12.4 Å². The summed E-state index contributed by atoms with van der Waals surface area (Å²) in [5.41, 5.74) is 0. The van der Waals surface area contributed by atoms with Crippen LogP contribution in [-0.4, -0.2) is 25.0 Å². The average molecular weight is 119 g/mol. The molecule has 1 fully saturated rings. The average Bonchev–Trinajstić information content (AvgIpc) is 1.69. The van der Waals surface area contributed by atoms with E-state index in [0.29, 0.717) is 6.73 Å². The molecular weight excluding hydrogens is 110 g/mol. The molecule has 1 atom stereocenters. The van der Waals surface area contributed by atoms with E-state index < -0.39 is 0 Å². The van der Waals surface area contributed by atoms with Crippen LogP contribution in [0.4, 0.5) is 0 Å². The highest BCUT2D eigenvalue weighted by molar-refractivity contribution is 8.12. The van der Waals surface area contributed by atoms with E-state index in [1.54, 1.807) is 0 Å². The van der Waals surface area contributed by atoms with E-state index in [-0.39, 0.29) is 10.7 Å². The van der Waals surface area contributed by atoms with Gasteiger partial charge in [0.05, 0.1) is 6.61 Å². The van der Waals surface area contributed by atoms with Gasteiger partial charge in [0.15, 0.2) is 0 Å². The Hall–Kier alpha value is 0.140. The summed E-state index contributed by atoms with van der Waals surface area (Å²) in [5, 5.41) is 0. The molecule has 1 unspecified atom stereocenters. The molecule has 0 bridgehead atoms. The lowest BCUT2D eigenvalue weighted by Crippen LogP contribution is -2.21. The molecule has 42 valence electrons. The van der Waals surface area contributed by atoms with Crippen molar-refractivity contribution < 1.29 is 4.74 Å². The Morgan fingerprint density at radius 2 is 2.57 bits per heavy atom. The normalized spacial score (nSPS) is 32.9. The highest BCUT2D eigenvalue weighted by Crippen LogP contribution is 2.05. The van der Waals surface area contributed by atoms with E-state index in [1.165, 1.54) is 0 Å². The third-order valence-electron chi connectivity index (χ3n) is 0.839. The van der Waals surface area contributed by atoms with Crippen LogP contribution in [0.2, 0.25) is 0 Å². The molecule has 0 amide bonds. The predicted molar refractivity (Wildman–Crippen MR) is 33.5 cm³/mol. The smallest absolute Gasteiger partial charge is 0.105 e. The second-order valence-electron chi connectivity index (χ2n) is 1.39. The van der Waals surface area contributed by atoms with Crippen molar-refractivity contribution in [3.05, 3.63) is 0 Å². The molecule has 3 heteroatoms. The molecule has 0 radical (unpaired) electrons. The van der Waals surface area contributed by atoms with Crippen molar-refractivity contribution in [2.24, 2.45) is 0 Å². The van der Waals surface area contributed by atoms with Crippen molar-refractivity contribution in [3.63, 3.8) is 0 Å². The summed E-state index contributed by atoms with van der Waals surface area (Å²) >= 11 is 0. The van der Waals surface area contributed by atoms with E-state index in [4.69, 9.17) is 4.74 Å². The zero-order valence-electron chi connectivity index (χ0n) is 4.14. The maximum atomic E-state index is 5.00. The topological polar surface area (TPSA) is 21.3 Å². The molecule has 1 rings (SSSR count). The fraction of sp³-hybridized carbons (Fsp3) is 0.750. The molecule has 1 saturated heterocycles. The molecular formula is C4H9NOS. The van der Waals surface area contributed by atoms with E-state index >= 15 is 0 Å². The summed E-state index contributed by atoms with van der Waals surface area (Å²) in [6, 6.07) is 0. The zero-order chi connectivity index (χ0) is 5.11. The molecule has 0 spiro atoms. The summed E-state index contributed by atoms with van der Waals surface area (Å²) in [7, 11) is 0.185. The van der Waals surface area contributed by atoms with Crippen LogP contribution in [0.3, 0.4) is 0 Å². The van der Waals surface area contributed by atoms with Gasteiger partial charge in [-0.05, 0) is 0 Å². The minimum absolute atomic E-state index is 0.185. The molecule has 1 heterocycles. The molecule has 1 aliphatic heterocycles. The van der Waals surface area contributed by atoms with Gasteiger partial charge in [-0.25, -0.2) is 4.72 Å². The van der Waals surface area contributed by atoms with Gasteiger partial charge in [-0.15, -0.1) is 10.7 Å². The third kappa shape index (κ3) is 1.59. The molecule has 0 aromatic rings. The van der Waals surface area contributed by atoms with Crippen LogP contribution in [0.1, 0.15) is 0 Å². The Bertz CT molecular complexity index is 75.8. The quantitative estimate of drug-likeness (QED) is 0.459. The molecule has 7 heavy (non-hydrogen) atoms. The van der Waals surface area contributed by atoms with Gasteiger partial charge < -0.3 is 4.74 Å². The number of nitrogens with one attached hydrogen (secondary N) is 1. The van der Waals surface area contributed by atoms with Gasteiger partial charge in [0.2, 0.25) is 0 Å². The SMILES string of the molecule is C=S1CCOCN1. The molecule has 0 aromatic carbocycles. The molecule has 0 saturated carbocycles. The lowest BCUT2D eigenvalue weighted by molar-refractivity contribution is 0.140. The number of hydrogen-bond acceptors (Lipinski definition) is 2. The van der Waals surface area contributed by atoms with Gasteiger partial charge in [0, 0.05) is 5.75 Å². The van der Waals surface area contributed by atoms with Gasteiger partial charge in [-0.3, -0.25) is 0 Å². The van der Waals surface area contributed by atoms with Crippen LogP contribution in [0, 0.1) is 0 Å².